The van der Waals surface area contributed by atoms with Gasteiger partial charge in [-0.25, -0.2) is 0 Å². The molecule has 6 heteroatoms. The maximum atomic E-state index is 12.8. The molecule has 1 N–H and O–H groups in total. The van der Waals surface area contributed by atoms with Crippen molar-refractivity contribution in [2.24, 2.45) is 0 Å². The van der Waals surface area contributed by atoms with Crippen LogP contribution in [0.5, 0.6) is 0 Å². The Morgan fingerprint density at radius 3 is 2.91 bits per heavy atom. The maximum Gasteiger partial charge on any atom is 0.275 e. The molecule has 1 saturated heterocycles. The number of para-hydroxylation sites is 1. The number of ether oxygens (including phenoxy) is 1. The standard InChI is InChI=1S/C17H16N4O2/c22-17(16-13-3-1-2-4-14(13)19-20-16)21-9-10-23-15(11-21)12-5-7-18-8-6-12/h1-8,15H,9-11H2,(H,19,20)/t15-/m0/s1. The number of pyridine rings is 1. The molecule has 1 aliphatic rings. The van der Waals surface area contributed by atoms with E-state index < -0.39 is 0 Å². The molecule has 1 amide bonds. The molecule has 0 radical (unpaired) electrons. The molecule has 0 saturated carbocycles. The fourth-order valence-corrected chi connectivity index (χ4v) is 2.89. The fourth-order valence-electron chi connectivity index (χ4n) is 2.89. The molecule has 6 nitrogen and oxygen atoms in total. The van der Waals surface area contributed by atoms with Crippen LogP contribution in [-0.2, 0) is 4.74 Å². The third-order valence-corrected chi connectivity index (χ3v) is 4.10. The second-order valence-corrected chi connectivity index (χ2v) is 5.51. The minimum atomic E-state index is -0.124. The summed E-state index contributed by atoms with van der Waals surface area (Å²) in [6, 6.07) is 11.5. The van der Waals surface area contributed by atoms with Crippen LogP contribution in [0.25, 0.3) is 10.9 Å². The van der Waals surface area contributed by atoms with E-state index in [2.05, 4.69) is 15.2 Å². The number of hydrogen-bond donors (Lipinski definition) is 1. The summed E-state index contributed by atoms with van der Waals surface area (Å²) >= 11 is 0. The second kappa shape index (κ2) is 5.81. The van der Waals surface area contributed by atoms with E-state index in [-0.39, 0.29) is 12.0 Å². The van der Waals surface area contributed by atoms with E-state index in [9.17, 15) is 4.79 Å². The van der Waals surface area contributed by atoms with Crippen molar-refractivity contribution in [3.63, 3.8) is 0 Å². The molecule has 0 bridgehead atoms. The Balaban J connectivity index is 1.59. The van der Waals surface area contributed by atoms with E-state index in [0.29, 0.717) is 25.4 Å². The minimum absolute atomic E-state index is 0.0650. The number of aromatic nitrogens is 3. The molecular formula is C17H16N4O2. The lowest BCUT2D eigenvalue weighted by molar-refractivity contribution is -0.0229. The van der Waals surface area contributed by atoms with Gasteiger partial charge in [0.05, 0.1) is 18.7 Å². The van der Waals surface area contributed by atoms with Crippen LogP contribution in [0.15, 0.2) is 48.8 Å². The van der Waals surface area contributed by atoms with E-state index in [0.717, 1.165) is 16.5 Å². The molecule has 1 aromatic carbocycles. The zero-order valence-electron chi connectivity index (χ0n) is 12.5. The molecule has 3 aromatic rings. The molecule has 23 heavy (non-hydrogen) atoms. The molecule has 1 aliphatic heterocycles. The van der Waals surface area contributed by atoms with Gasteiger partial charge >= 0.3 is 0 Å². The third kappa shape index (κ3) is 2.57. The van der Waals surface area contributed by atoms with Crippen molar-refractivity contribution < 1.29 is 9.53 Å². The number of amides is 1. The first kappa shape index (κ1) is 13.9. The van der Waals surface area contributed by atoms with Crippen LogP contribution in [0.4, 0.5) is 0 Å². The zero-order valence-corrected chi connectivity index (χ0v) is 12.5. The number of carbonyl (C=O) groups excluding carboxylic acids is 1. The van der Waals surface area contributed by atoms with Crippen LogP contribution in [0, 0.1) is 0 Å². The number of H-pyrrole nitrogens is 1. The molecule has 3 heterocycles. The molecular weight excluding hydrogens is 292 g/mol. The highest BCUT2D eigenvalue weighted by Gasteiger charge is 2.28. The first-order chi connectivity index (χ1) is 11.3. The number of aromatic amines is 1. The fraction of sp³-hybridized carbons (Fsp3) is 0.235. The van der Waals surface area contributed by atoms with Crippen molar-refractivity contribution >= 4 is 16.8 Å². The van der Waals surface area contributed by atoms with Crippen molar-refractivity contribution in [3.05, 3.63) is 60.0 Å². The quantitative estimate of drug-likeness (QED) is 0.787. The van der Waals surface area contributed by atoms with Gasteiger partial charge in [0.2, 0.25) is 0 Å². The average molecular weight is 308 g/mol. The summed E-state index contributed by atoms with van der Waals surface area (Å²) in [6.45, 7) is 1.60. The largest absolute Gasteiger partial charge is 0.370 e. The summed E-state index contributed by atoms with van der Waals surface area (Å²) < 4.78 is 5.80. The van der Waals surface area contributed by atoms with Crippen LogP contribution in [-0.4, -0.2) is 45.7 Å². The van der Waals surface area contributed by atoms with Crippen LogP contribution >= 0.6 is 0 Å². The monoisotopic (exact) mass is 308 g/mol. The summed E-state index contributed by atoms with van der Waals surface area (Å²) in [7, 11) is 0. The SMILES string of the molecule is O=C(c1n[nH]c2ccccc12)N1CCO[C@H](c2ccncc2)C1. The molecule has 0 unspecified atom stereocenters. The lowest BCUT2D eigenvalue weighted by atomic mass is 10.1. The Morgan fingerprint density at radius 2 is 2.04 bits per heavy atom. The molecule has 0 spiro atoms. The minimum Gasteiger partial charge on any atom is -0.370 e. The number of hydrogen-bond acceptors (Lipinski definition) is 4. The van der Waals surface area contributed by atoms with E-state index in [1.54, 1.807) is 17.3 Å². The van der Waals surface area contributed by atoms with Gasteiger partial charge in [-0.1, -0.05) is 18.2 Å². The van der Waals surface area contributed by atoms with Gasteiger partial charge in [-0.2, -0.15) is 5.10 Å². The smallest absolute Gasteiger partial charge is 0.275 e. The van der Waals surface area contributed by atoms with E-state index in [1.807, 2.05) is 36.4 Å². The van der Waals surface area contributed by atoms with E-state index in [1.165, 1.54) is 0 Å². The number of carbonyl (C=O) groups is 1. The van der Waals surface area contributed by atoms with Gasteiger partial charge in [0, 0.05) is 24.3 Å². The molecule has 1 atom stereocenters. The van der Waals surface area contributed by atoms with E-state index in [4.69, 9.17) is 4.74 Å². The Bertz CT molecular complexity index is 831. The number of benzene rings is 1. The molecule has 1 fully saturated rings. The summed E-state index contributed by atoms with van der Waals surface area (Å²) in [5.41, 5.74) is 2.37. The molecule has 116 valence electrons. The second-order valence-electron chi connectivity index (χ2n) is 5.51. The highest BCUT2D eigenvalue weighted by molar-refractivity contribution is 6.04. The molecule has 4 rings (SSSR count). The van der Waals surface area contributed by atoms with Crippen molar-refractivity contribution in [1.29, 1.82) is 0 Å². The molecule has 2 aromatic heterocycles. The lowest BCUT2D eigenvalue weighted by Crippen LogP contribution is -2.42. The molecule has 0 aliphatic carbocycles. The van der Waals surface area contributed by atoms with Gasteiger partial charge in [0.1, 0.15) is 6.10 Å². The highest BCUT2D eigenvalue weighted by Crippen LogP contribution is 2.24. The summed E-state index contributed by atoms with van der Waals surface area (Å²) in [6.07, 6.45) is 3.35. The number of nitrogens with one attached hydrogen (secondary N) is 1. The number of fused-ring (bicyclic) bond motifs is 1. The number of nitrogens with zero attached hydrogens (tertiary/aromatic N) is 3. The number of rotatable bonds is 2. The van der Waals surface area contributed by atoms with Gasteiger partial charge in [-0.05, 0) is 23.8 Å². The van der Waals surface area contributed by atoms with Gasteiger partial charge < -0.3 is 9.64 Å². The van der Waals surface area contributed by atoms with Gasteiger partial charge in [0.25, 0.3) is 5.91 Å². The van der Waals surface area contributed by atoms with Gasteiger partial charge in [-0.3, -0.25) is 14.9 Å². The maximum absolute atomic E-state index is 12.8. The summed E-state index contributed by atoms with van der Waals surface area (Å²) in [5, 5.41) is 7.97. The summed E-state index contributed by atoms with van der Waals surface area (Å²) in [5.74, 6) is -0.0650. The van der Waals surface area contributed by atoms with E-state index >= 15 is 0 Å². The Labute approximate surface area is 133 Å². The third-order valence-electron chi connectivity index (χ3n) is 4.10. The predicted octanol–water partition coefficient (Wildman–Crippen LogP) is 2.17. The normalized spacial score (nSPS) is 18.3. The van der Waals surface area contributed by atoms with Crippen molar-refractivity contribution in [2.75, 3.05) is 19.7 Å². The predicted molar refractivity (Wildman–Crippen MR) is 84.9 cm³/mol. The van der Waals surface area contributed by atoms with Crippen LogP contribution < -0.4 is 0 Å². The summed E-state index contributed by atoms with van der Waals surface area (Å²) in [4.78, 5) is 18.6. The highest BCUT2D eigenvalue weighted by atomic mass is 16.5. The van der Waals surface area contributed by atoms with Crippen molar-refractivity contribution in [1.82, 2.24) is 20.1 Å². The Morgan fingerprint density at radius 1 is 1.22 bits per heavy atom. The van der Waals surface area contributed by atoms with Gasteiger partial charge in [0.15, 0.2) is 5.69 Å². The Kier molecular flexibility index (Phi) is 3.51. The lowest BCUT2D eigenvalue weighted by Gasteiger charge is -2.32. The zero-order chi connectivity index (χ0) is 15.6. The van der Waals surface area contributed by atoms with Crippen molar-refractivity contribution in [3.8, 4) is 0 Å². The number of morpholine rings is 1. The Hall–Kier alpha value is -2.73. The topological polar surface area (TPSA) is 71.1 Å². The van der Waals surface area contributed by atoms with Gasteiger partial charge in [-0.15, -0.1) is 0 Å². The first-order valence-electron chi connectivity index (χ1n) is 7.57. The van der Waals surface area contributed by atoms with Crippen LogP contribution in [0.3, 0.4) is 0 Å². The first-order valence-corrected chi connectivity index (χ1v) is 7.57. The van der Waals surface area contributed by atoms with Crippen LogP contribution in [0.1, 0.15) is 22.2 Å². The van der Waals surface area contributed by atoms with Crippen molar-refractivity contribution in [2.45, 2.75) is 6.10 Å². The van der Waals surface area contributed by atoms with Crippen LogP contribution in [0.2, 0.25) is 0 Å². The average Bonchev–Trinajstić information content (AvgIpc) is 3.06.